The van der Waals surface area contributed by atoms with Gasteiger partial charge in [-0.05, 0) is 32.4 Å². The quantitative estimate of drug-likeness (QED) is 0.752. The van der Waals surface area contributed by atoms with Gasteiger partial charge in [-0.3, -0.25) is 9.69 Å². The lowest BCUT2D eigenvalue weighted by Gasteiger charge is -2.35. The van der Waals surface area contributed by atoms with Gasteiger partial charge in [0.2, 0.25) is 5.91 Å². The van der Waals surface area contributed by atoms with Crippen LogP contribution in [0.25, 0.3) is 0 Å². The summed E-state index contributed by atoms with van der Waals surface area (Å²) < 4.78 is 38.2. The largest absolute Gasteiger partial charge is 0.393 e. The third kappa shape index (κ3) is 5.31. The predicted octanol–water partition coefficient (Wildman–Crippen LogP) is 2.91. The third-order valence-electron chi connectivity index (χ3n) is 3.87. The molecule has 6 heteroatoms. The van der Waals surface area contributed by atoms with Crippen LogP contribution in [0.3, 0.4) is 0 Å². The third-order valence-corrected chi connectivity index (χ3v) is 3.87. The fourth-order valence-corrected chi connectivity index (χ4v) is 2.49. The van der Waals surface area contributed by atoms with Crippen molar-refractivity contribution < 1.29 is 18.0 Å². The summed E-state index contributed by atoms with van der Waals surface area (Å²) in [5.41, 5.74) is 0. The summed E-state index contributed by atoms with van der Waals surface area (Å²) in [6.07, 6.45) is -1.56. The first-order chi connectivity index (χ1) is 9.38. The van der Waals surface area contributed by atoms with Crippen molar-refractivity contribution in [3.63, 3.8) is 0 Å². The lowest BCUT2D eigenvalue weighted by molar-refractivity contribution is -0.188. The minimum Gasteiger partial charge on any atom is -0.341 e. The molecule has 0 spiro atoms. The fraction of sp³-hybridized carbons (Fsp3) is 0.929. The van der Waals surface area contributed by atoms with E-state index < -0.39 is 12.1 Å². The van der Waals surface area contributed by atoms with E-state index in [1.807, 2.05) is 11.8 Å². The maximum atomic E-state index is 12.7. The SMILES string of the molecule is CCCCN(CC)CC(=O)N1CCCC(C(F)(F)F)C1. The molecule has 0 saturated carbocycles. The number of likely N-dealkylation sites (N-methyl/N-ethyl adjacent to an activating group) is 1. The van der Waals surface area contributed by atoms with E-state index in [0.29, 0.717) is 13.0 Å². The Morgan fingerprint density at radius 1 is 1.35 bits per heavy atom. The van der Waals surface area contributed by atoms with Crippen molar-refractivity contribution >= 4 is 5.91 Å². The number of hydrogen-bond donors (Lipinski definition) is 0. The monoisotopic (exact) mass is 294 g/mol. The van der Waals surface area contributed by atoms with Crippen LogP contribution in [0.5, 0.6) is 0 Å². The van der Waals surface area contributed by atoms with Gasteiger partial charge in [0.1, 0.15) is 0 Å². The maximum absolute atomic E-state index is 12.7. The molecule has 0 aromatic heterocycles. The van der Waals surface area contributed by atoms with Gasteiger partial charge in [-0.1, -0.05) is 20.3 Å². The number of unbranched alkanes of at least 4 members (excludes halogenated alkanes) is 1. The van der Waals surface area contributed by atoms with E-state index in [1.165, 1.54) is 4.90 Å². The molecule has 118 valence electrons. The Bertz CT molecular complexity index is 307. The van der Waals surface area contributed by atoms with Gasteiger partial charge in [-0.15, -0.1) is 0 Å². The molecule has 0 aliphatic carbocycles. The molecule has 1 atom stereocenters. The molecule has 0 aromatic rings. The molecule has 1 fully saturated rings. The van der Waals surface area contributed by atoms with Gasteiger partial charge in [0.25, 0.3) is 0 Å². The van der Waals surface area contributed by atoms with E-state index in [2.05, 4.69) is 6.92 Å². The van der Waals surface area contributed by atoms with Crippen LogP contribution in [0.1, 0.15) is 39.5 Å². The second kappa shape index (κ2) is 7.86. The minimum absolute atomic E-state index is 0.139. The molecule has 3 nitrogen and oxygen atoms in total. The van der Waals surface area contributed by atoms with Crippen molar-refractivity contribution in [3.05, 3.63) is 0 Å². The lowest BCUT2D eigenvalue weighted by atomic mass is 9.97. The first-order valence-electron chi connectivity index (χ1n) is 7.45. The maximum Gasteiger partial charge on any atom is 0.393 e. The number of carbonyl (C=O) groups excluding carboxylic acids is 1. The highest BCUT2D eigenvalue weighted by Gasteiger charge is 2.42. The van der Waals surface area contributed by atoms with Gasteiger partial charge in [0.15, 0.2) is 0 Å². The Morgan fingerprint density at radius 2 is 2.05 bits per heavy atom. The molecule has 20 heavy (non-hydrogen) atoms. The van der Waals surface area contributed by atoms with Crippen LogP contribution in [-0.4, -0.2) is 54.6 Å². The number of carbonyl (C=O) groups is 1. The second-order valence-electron chi connectivity index (χ2n) is 5.44. The predicted molar refractivity (Wildman–Crippen MR) is 72.4 cm³/mol. The second-order valence-corrected chi connectivity index (χ2v) is 5.44. The van der Waals surface area contributed by atoms with Gasteiger partial charge >= 0.3 is 6.18 Å². The average Bonchev–Trinajstić information content (AvgIpc) is 2.42. The Labute approximate surface area is 119 Å². The van der Waals surface area contributed by atoms with Gasteiger partial charge in [-0.25, -0.2) is 0 Å². The van der Waals surface area contributed by atoms with Crippen LogP contribution >= 0.6 is 0 Å². The highest BCUT2D eigenvalue weighted by molar-refractivity contribution is 5.78. The van der Waals surface area contributed by atoms with E-state index >= 15 is 0 Å². The first-order valence-corrected chi connectivity index (χ1v) is 7.45. The molecule has 1 amide bonds. The molecular formula is C14H25F3N2O. The van der Waals surface area contributed by atoms with E-state index in [4.69, 9.17) is 0 Å². The summed E-state index contributed by atoms with van der Waals surface area (Å²) in [6.45, 7) is 6.15. The summed E-state index contributed by atoms with van der Waals surface area (Å²) in [6, 6.07) is 0. The molecule has 0 bridgehead atoms. The summed E-state index contributed by atoms with van der Waals surface area (Å²) in [4.78, 5) is 15.5. The molecule has 0 aromatic carbocycles. The summed E-state index contributed by atoms with van der Waals surface area (Å²) in [5, 5.41) is 0. The number of alkyl halides is 3. The van der Waals surface area contributed by atoms with E-state index in [9.17, 15) is 18.0 Å². The summed E-state index contributed by atoms with van der Waals surface area (Å²) in [7, 11) is 0. The molecule has 0 radical (unpaired) electrons. The van der Waals surface area contributed by atoms with Crippen molar-refractivity contribution in [1.29, 1.82) is 0 Å². The molecule has 1 rings (SSSR count). The number of nitrogens with zero attached hydrogens (tertiary/aromatic N) is 2. The number of amides is 1. The number of rotatable bonds is 6. The molecule has 1 unspecified atom stereocenters. The first kappa shape index (κ1) is 17.3. The van der Waals surface area contributed by atoms with Crippen molar-refractivity contribution in [2.75, 3.05) is 32.7 Å². The normalized spacial score (nSPS) is 20.5. The molecular weight excluding hydrogens is 269 g/mol. The molecule has 1 saturated heterocycles. The van der Waals surface area contributed by atoms with Crippen LogP contribution in [0.4, 0.5) is 13.2 Å². The zero-order valence-corrected chi connectivity index (χ0v) is 12.4. The minimum atomic E-state index is -4.19. The van der Waals surface area contributed by atoms with Crippen LogP contribution in [0.2, 0.25) is 0 Å². The lowest BCUT2D eigenvalue weighted by Crippen LogP contribution is -2.48. The summed E-state index contributed by atoms with van der Waals surface area (Å²) in [5.74, 6) is -1.53. The van der Waals surface area contributed by atoms with Crippen LogP contribution in [0, 0.1) is 5.92 Å². The van der Waals surface area contributed by atoms with E-state index in [0.717, 1.165) is 25.9 Å². The zero-order chi connectivity index (χ0) is 15.2. The van der Waals surface area contributed by atoms with Crippen molar-refractivity contribution in [3.8, 4) is 0 Å². The van der Waals surface area contributed by atoms with Crippen LogP contribution < -0.4 is 0 Å². The van der Waals surface area contributed by atoms with Crippen LogP contribution in [0.15, 0.2) is 0 Å². The number of likely N-dealkylation sites (tertiary alicyclic amines) is 1. The summed E-state index contributed by atoms with van der Waals surface area (Å²) >= 11 is 0. The van der Waals surface area contributed by atoms with Gasteiger partial charge in [0.05, 0.1) is 12.5 Å². The Balaban J connectivity index is 2.49. The number of piperidine rings is 1. The van der Waals surface area contributed by atoms with E-state index in [-0.39, 0.29) is 25.4 Å². The van der Waals surface area contributed by atoms with Gasteiger partial charge in [0, 0.05) is 13.1 Å². The Morgan fingerprint density at radius 3 is 2.60 bits per heavy atom. The van der Waals surface area contributed by atoms with E-state index in [1.54, 1.807) is 0 Å². The van der Waals surface area contributed by atoms with Crippen molar-refractivity contribution in [2.24, 2.45) is 5.92 Å². The topological polar surface area (TPSA) is 23.6 Å². The molecule has 1 aliphatic heterocycles. The van der Waals surface area contributed by atoms with Gasteiger partial charge < -0.3 is 4.90 Å². The van der Waals surface area contributed by atoms with Crippen LogP contribution in [-0.2, 0) is 4.79 Å². The fourth-order valence-electron chi connectivity index (χ4n) is 2.49. The van der Waals surface area contributed by atoms with Crippen molar-refractivity contribution in [1.82, 2.24) is 9.80 Å². The number of halogens is 3. The highest BCUT2D eigenvalue weighted by atomic mass is 19.4. The highest BCUT2D eigenvalue weighted by Crippen LogP contribution is 2.33. The van der Waals surface area contributed by atoms with Gasteiger partial charge in [-0.2, -0.15) is 13.2 Å². The molecule has 1 aliphatic rings. The number of hydrogen-bond acceptors (Lipinski definition) is 2. The standard InChI is InChI=1S/C14H25F3N2O/c1-3-5-8-18(4-2)11-13(20)19-9-6-7-12(10-19)14(15,16)17/h12H,3-11H2,1-2H3. The molecule has 0 N–H and O–H groups in total. The zero-order valence-electron chi connectivity index (χ0n) is 12.4. The Hall–Kier alpha value is -0.780. The average molecular weight is 294 g/mol. The van der Waals surface area contributed by atoms with Crippen molar-refractivity contribution in [2.45, 2.75) is 45.7 Å². The smallest absolute Gasteiger partial charge is 0.341 e. The Kier molecular flexibility index (Phi) is 6.79. The molecule has 1 heterocycles.